The standard InChI is InChI=1S/C28H39N3O2/c1-18(29-26(33)30-19-8-6-5-7-9-19)21-11-12-22-20-10-13-24-28(3,17-15-25(32)31(24)4)23(20)14-16-27(21,22)2/h5-9,15,17-18,20-24H,10-14,16H2,1-4H3,(H2,29,30,33)/t18?,20-,21+,22-,23-,24+,27+,28+/m0/s1. The first kappa shape index (κ1) is 22.5. The molecule has 3 saturated carbocycles. The Morgan fingerprint density at radius 2 is 1.82 bits per heavy atom. The van der Waals surface area contributed by atoms with Crippen LogP contribution < -0.4 is 10.6 Å². The van der Waals surface area contributed by atoms with Gasteiger partial charge >= 0.3 is 6.03 Å². The molecule has 0 radical (unpaired) electrons. The summed E-state index contributed by atoms with van der Waals surface area (Å²) in [5, 5.41) is 6.24. The van der Waals surface area contributed by atoms with Gasteiger partial charge in [0.1, 0.15) is 0 Å². The summed E-state index contributed by atoms with van der Waals surface area (Å²) in [6, 6.07) is 10.0. The fourth-order valence-corrected chi connectivity index (χ4v) is 8.60. The van der Waals surface area contributed by atoms with E-state index in [0.717, 1.165) is 12.1 Å². The van der Waals surface area contributed by atoms with Gasteiger partial charge in [-0.2, -0.15) is 0 Å². The lowest BCUT2D eigenvalue weighted by atomic mass is 9.47. The van der Waals surface area contributed by atoms with Crippen LogP contribution in [0.1, 0.15) is 59.3 Å². The molecule has 8 atom stereocenters. The van der Waals surface area contributed by atoms with Gasteiger partial charge in [-0.3, -0.25) is 4.79 Å². The fourth-order valence-electron chi connectivity index (χ4n) is 8.60. The molecule has 178 valence electrons. The van der Waals surface area contributed by atoms with Gasteiger partial charge in [-0.1, -0.05) is 38.1 Å². The lowest BCUT2D eigenvalue weighted by Gasteiger charge is -2.60. The zero-order valence-corrected chi connectivity index (χ0v) is 20.5. The number of nitrogens with zero attached hydrogens (tertiary/aromatic N) is 1. The van der Waals surface area contributed by atoms with Crippen molar-refractivity contribution in [1.82, 2.24) is 10.2 Å². The number of carbonyl (C=O) groups is 2. The van der Waals surface area contributed by atoms with Crippen molar-refractivity contribution in [3.05, 3.63) is 42.5 Å². The Morgan fingerprint density at radius 3 is 2.58 bits per heavy atom. The average molecular weight is 450 g/mol. The van der Waals surface area contributed by atoms with E-state index in [1.807, 2.05) is 48.4 Å². The Kier molecular flexibility index (Phi) is 5.57. The highest BCUT2D eigenvalue weighted by Crippen LogP contribution is 2.65. The van der Waals surface area contributed by atoms with E-state index in [9.17, 15) is 9.59 Å². The minimum Gasteiger partial charge on any atom is -0.338 e. The van der Waals surface area contributed by atoms with Crippen LogP contribution in [0.5, 0.6) is 0 Å². The van der Waals surface area contributed by atoms with Gasteiger partial charge in [-0.25, -0.2) is 4.79 Å². The number of hydrogen-bond acceptors (Lipinski definition) is 2. The van der Waals surface area contributed by atoms with Crippen molar-refractivity contribution in [2.24, 2.45) is 34.5 Å². The van der Waals surface area contributed by atoms with Gasteiger partial charge in [0.25, 0.3) is 0 Å². The predicted molar refractivity (Wildman–Crippen MR) is 132 cm³/mol. The van der Waals surface area contributed by atoms with Crippen molar-refractivity contribution in [3.8, 4) is 0 Å². The second-order valence-corrected chi connectivity index (χ2v) is 11.6. The minimum atomic E-state index is -0.109. The summed E-state index contributed by atoms with van der Waals surface area (Å²) in [5.41, 5.74) is 1.18. The van der Waals surface area contributed by atoms with Crippen molar-refractivity contribution in [2.45, 2.75) is 71.4 Å². The number of rotatable bonds is 3. The van der Waals surface area contributed by atoms with Crippen LogP contribution in [0.3, 0.4) is 0 Å². The van der Waals surface area contributed by atoms with Crippen molar-refractivity contribution in [2.75, 3.05) is 12.4 Å². The van der Waals surface area contributed by atoms with E-state index in [1.54, 1.807) is 0 Å². The summed E-state index contributed by atoms with van der Waals surface area (Å²) in [7, 11) is 1.99. The Bertz CT molecular complexity index is 946. The second-order valence-electron chi connectivity index (χ2n) is 11.6. The first-order chi connectivity index (χ1) is 15.7. The van der Waals surface area contributed by atoms with E-state index in [1.165, 1.54) is 32.1 Å². The number of nitrogens with one attached hydrogen (secondary N) is 2. The molecule has 3 aliphatic carbocycles. The van der Waals surface area contributed by atoms with Gasteiger partial charge in [-0.15, -0.1) is 0 Å². The maximum absolute atomic E-state index is 12.7. The smallest absolute Gasteiger partial charge is 0.319 e. The molecule has 33 heavy (non-hydrogen) atoms. The zero-order valence-electron chi connectivity index (χ0n) is 20.5. The highest BCUT2D eigenvalue weighted by Gasteiger charge is 2.60. The molecule has 2 N–H and O–H groups in total. The summed E-state index contributed by atoms with van der Waals surface area (Å²) in [6.07, 6.45) is 11.3. The number of amides is 3. The van der Waals surface area contributed by atoms with E-state index in [0.29, 0.717) is 29.7 Å². The van der Waals surface area contributed by atoms with Crippen LogP contribution in [-0.4, -0.2) is 36.0 Å². The van der Waals surface area contributed by atoms with Gasteiger partial charge in [-0.05, 0) is 92.7 Å². The molecule has 1 aromatic rings. The third-order valence-corrected chi connectivity index (χ3v) is 10.2. The molecule has 1 aliphatic heterocycles. The van der Waals surface area contributed by atoms with Gasteiger partial charge < -0.3 is 15.5 Å². The fraction of sp³-hybridized carbons (Fsp3) is 0.643. The molecule has 3 amide bonds. The van der Waals surface area contributed by atoms with Crippen molar-refractivity contribution < 1.29 is 9.59 Å². The molecule has 5 nitrogen and oxygen atoms in total. The van der Waals surface area contributed by atoms with Crippen LogP contribution in [0.15, 0.2) is 42.5 Å². The lowest BCUT2D eigenvalue weighted by Crippen LogP contribution is -2.60. The number of likely N-dealkylation sites (N-methyl/N-ethyl adjacent to an activating group) is 1. The van der Waals surface area contributed by atoms with E-state index in [-0.39, 0.29) is 28.8 Å². The summed E-state index contributed by atoms with van der Waals surface area (Å²) in [6.45, 7) is 7.10. The molecule has 0 saturated heterocycles. The Labute approximate surface area is 198 Å². The highest BCUT2D eigenvalue weighted by atomic mass is 16.2. The van der Waals surface area contributed by atoms with Gasteiger partial charge in [0.2, 0.25) is 5.91 Å². The predicted octanol–water partition coefficient (Wildman–Crippen LogP) is 5.45. The van der Waals surface area contributed by atoms with Crippen molar-refractivity contribution in [3.63, 3.8) is 0 Å². The molecule has 0 spiro atoms. The zero-order chi connectivity index (χ0) is 23.4. The van der Waals surface area contributed by atoms with Crippen LogP contribution in [0.4, 0.5) is 10.5 Å². The molecule has 0 bridgehead atoms. The molecule has 3 fully saturated rings. The van der Waals surface area contributed by atoms with E-state index in [4.69, 9.17) is 0 Å². The molecule has 1 heterocycles. The van der Waals surface area contributed by atoms with Crippen LogP contribution in [-0.2, 0) is 4.79 Å². The van der Waals surface area contributed by atoms with Gasteiger partial charge in [0.05, 0.1) is 0 Å². The number of urea groups is 1. The normalized spacial score (nSPS) is 40.4. The summed E-state index contributed by atoms with van der Waals surface area (Å²) >= 11 is 0. The third kappa shape index (κ3) is 3.59. The van der Waals surface area contributed by atoms with Crippen LogP contribution in [0, 0.1) is 34.5 Å². The van der Waals surface area contributed by atoms with Crippen LogP contribution in [0.2, 0.25) is 0 Å². The van der Waals surface area contributed by atoms with E-state index < -0.39 is 0 Å². The molecule has 0 aromatic heterocycles. The maximum atomic E-state index is 12.7. The SMILES string of the molecule is CC(NC(=O)Nc1ccccc1)[C@H]1CC[C@H]2[C@@H]3CC[C@H]4N(C)C(=O)C=C[C@]4(C)[C@H]3CC[C@]12C. The molecular formula is C28H39N3O2. The monoisotopic (exact) mass is 449 g/mol. The maximum Gasteiger partial charge on any atom is 0.319 e. The minimum absolute atomic E-state index is 0.0877. The second kappa shape index (κ2) is 8.18. The summed E-state index contributed by atoms with van der Waals surface area (Å²) < 4.78 is 0. The highest BCUT2D eigenvalue weighted by molar-refractivity contribution is 5.89. The largest absolute Gasteiger partial charge is 0.338 e. The first-order valence-corrected chi connectivity index (χ1v) is 12.8. The Balaban J connectivity index is 1.30. The van der Waals surface area contributed by atoms with Crippen molar-refractivity contribution >= 4 is 17.6 Å². The molecule has 4 aliphatic rings. The first-order valence-electron chi connectivity index (χ1n) is 12.8. The number of anilines is 1. The number of fused-ring (bicyclic) bond motifs is 5. The molecule has 5 rings (SSSR count). The molecular weight excluding hydrogens is 410 g/mol. The van der Waals surface area contributed by atoms with E-state index in [2.05, 4.69) is 37.5 Å². The van der Waals surface area contributed by atoms with Crippen LogP contribution in [0.25, 0.3) is 0 Å². The quantitative estimate of drug-likeness (QED) is 0.644. The molecule has 5 heteroatoms. The summed E-state index contributed by atoms with van der Waals surface area (Å²) in [5.74, 6) is 2.72. The number of benzene rings is 1. The topological polar surface area (TPSA) is 61.4 Å². The van der Waals surface area contributed by atoms with Crippen LogP contribution >= 0.6 is 0 Å². The Hall–Kier alpha value is -2.30. The summed E-state index contributed by atoms with van der Waals surface area (Å²) in [4.78, 5) is 27.0. The van der Waals surface area contributed by atoms with Gasteiger partial charge in [0.15, 0.2) is 0 Å². The van der Waals surface area contributed by atoms with Gasteiger partial charge in [0, 0.05) is 30.2 Å². The number of hydrogen-bond donors (Lipinski definition) is 2. The number of para-hydroxylation sites is 1. The lowest BCUT2D eigenvalue weighted by molar-refractivity contribution is -0.139. The number of carbonyl (C=O) groups excluding carboxylic acids is 2. The molecule has 1 unspecified atom stereocenters. The average Bonchev–Trinajstić information content (AvgIpc) is 3.14. The third-order valence-electron chi connectivity index (χ3n) is 10.2. The van der Waals surface area contributed by atoms with Crippen molar-refractivity contribution in [1.29, 1.82) is 0 Å². The van der Waals surface area contributed by atoms with E-state index >= 15 is 0 Å². The molecule has 1 aromatic carbocycles. The Morgan fingerprint density at radius 1 is 1.06 bits per heavy atom.